The van der Waals surface area contributed by atoms with E-state index in [1.807, 2.05) is 30.3 Å². The molecule has 2 amide bonds. The van der Waals surface area contributed by atoms with Gasteiger partial charge in [0.05, 0.1) is 11.8 Å². The summed E-state index contributed by atoms with van der Waals surface area (Å²) in [5, 5.41) is 14.0. The summed E-state index contributed by atoms with van der Waals surface area (Å²) in [4.78, 5) is 22.8. The molecule has 6 heteroatoms. The molecule has 3 aromatic rings. The number of hydrogen-bond acceptors (Lipinski definition) is 3. The van der Waals surface area contributed by atoms with Crippen LogP contribution in [0.1, 0.15) is 37.7 Å². The summed E-state index contributed by atoms with van der Waals surface area (Å²) in [5.74, 6) is -0.289. The number of nitrogens with one attached hydrogen (secondary N) is 1. The largest absolute Gasteiger partial charge is 0.488 e. The number of carboxylic acids is 1. The van der Waals surface area contributed by atoms with Crippen molar-refractivity contribution in [3.63, 3.8) is 0 Å². The number of amides is 2. The third-order valence-corrected chi connectivity index (χ3v) is 5.68. The van der Waals surface area contributed by atoms with Crippen LogP contribution < -0.4 is 15.8 Å². The molecular weight excluding hydrogens is 392 g/mol. The maximum absolute atomic E-state index is 11.7. The van der Waals surface area contributed by atoms with Gasteiger partial charge in [0.1, 0.15) is 0 Å². The molecule has 0 bridgehead atoms. The molecular formula is C25H26N2O4. The highest BCUT2D eigenvalue weighted by Crippen LogP contribution is 2.41. The second-order valence-corrected chi connectivity index (χ2v) is 7.99. The van der Waals surface area contributed by atoms with Gasteiger partial charge < -0.3 is 20.9 Å². The van der Waals surface area contributed by atoms with Crippen LogP contribution in [0.2, 0.25) is 0 Å². The number of benzene rings is 3. The minimum absolute atomic E-state index is 0.00397. The first kappa shape index (κ1) is 20.7. The lowest BCUT2D eigenvalue weighted by molar-refractivity contribution is -0.136. The molecule has 6 nitrogen and oxygen atoms in total. The van der Waals surface area contributed by atoms with Gasteiger partial charge in [-0.15, -0.1) is 0 Å². The summed E-state index contributed by atoms with van der Waals surface area (Å²) in [6, 6.07) is 17.3. The smallest absolute Gasteiger partial charge is 0.316 e. The van der Waals surface area contributed by atoms with Gasteiger partial charge >= 0.3 is 12.0 Å². The van der Waals surface area contributed by atoms with Crippen molar-refractivity contribution >= 4 is 28.5 Å². The van der Waals surface area contributed by atoms with E-state index >= 15 is 0 Å². The number of anilines is 1. The van der Waals surface area contributed by atoms with Gasteiger partial charge in [-0.3, -0.25) is 4.79 Å². The molecule has 0 aromatic heterocycles. The Morgan fingerprint density at radius 1 is 1.03 bits per heavy atom. The number of hydrogen-bond donors (Lipinski definition) is 3. The Labute approximate surface area is 181 Å². The number of carboxylic acid groups (broad SMARTS) is 1. The van der Waals surface area contributed by atoms with Crippen molar-refractivity contribution in [1.82, 2.24) is 0 Å². The molecule has 1 aliphatic carbocycles. The highest BCUT2D eigenvalue weighted by atomic mass is 16.5. The van der Waals surface area contributed by atoms with Crippen molar-refractivity contribution in [2.45, 2.75) is 44.6 Å². The standard InChI is InChI=1S/C25H26N2O4/c26-25(30)27-22-14-16(9-12-23(28)29)13-21(24(22)31-20-7-3-4-8-20)19-11-10-17-5-1-2-6-18(17)15-19/h1-2,5-6,10-11,13-15,20H,3-4,7-9,12H2,(H,28,29)(H3,26,27,30). The first-order chi connectivity index (χ1) is 15.0. The van der Waals surface area contributed by atoms with Crippen LogP contribution in [0.5, 0.6) is 5.75 Å². The SMILES string of the molecule is NC(=O)Nc1cc(CCC(=O)O)cc(-c2ccc3ccccc3c2)c1OC1CCCC1. The molecule has 3 aromatic carbocycles. The van der Waals surface area contributed by atoms with Gasteiger partial charge in [0, 0.05) is 12.0 Å². The van der Waals surface area contributed by atoms with E-state index < -0.39 is 12.0 Å². The number of nitrogens with two attached hydrogens (primary N) is 1. The van der Waals surface area contributed by atoms with E-state index in [0.29, 0.717) is 17.9 Å². The van der Waals surface area contributed by atoms with Crippen molar-refractivity contribution in [2.24, 2.45) is 5.73 Å². The van der Waals surface area contributed by atoms with E-state index in [9.17, 15) is 9.59 Å². The van der Waals surface area contributed by atoms with Gasteiger partial charge in [-0.2, -0.15) is 0 Å². The Hall–Kier alpha value is -3.54. The average molecular weight is 418 g/mol. The first-order valence-electron chi connectivity index (χ1n) is 10.6. The van der Waals surface area contributed by atoms with Crippen molar-refractivity contribution in [3.8, 4) is 16.9 Å². The van der Waals surface area contributed by atoms with Gasteiger partial charge in [0.25, 0.3) is 0 Å². The predicted molar refractivity (Wildman–Crippen MR) is 121 cm³/mol. The molecule has 0 spiro atoms. The maximum atomic E-state index is 11.7. The van der Waals surface area contributed by atoms with Crippen LogP contribution in [0.3, 0.4) is 0 Å². The van der Waals surface area contributed by atoms with Crippen LogP contribution >= 0.6 is 0 Å². The minimum atomic E-state index is -0.872. The van der Waals surface area contributed by atoms with Crippen molar-refractivity contribution < 1.29 is 19.4 Å². The van der Waals surface area contributed by atoms with Crippen LogP contribution in [0.15, 0.2) is 54.6 Å². The van der Waals surface area contributed by atoms with Gasteiger partial charge in [-0.05, 0) is 72.2 Å². The van der Waals surface area contributed by atoms with E-state index in [1.165, 1.54) is 0 Å². The van der Waals surface area contributed by atoms with Crippen LogP contribution in [-0.2, 0) is 11.2 Å². The Morgan fingerprint density at radius 3 is 2.48 bits per heavy atom. The van der Waals surface area contributed by atoms with Crippen LogP contribution in [0.4, 0.5) is 10.5 Å². The average Bonchev–Trinajstić information content (AvgIpc) is 3.26. The molecule has 1 saturated carbocycles. The van der Waals surface area contributed by atoms with Crippen molar-refractivity contribution in [1.29, 1.82) is 0 Å². The monoisotopic (exact) mass is 418 g/mol. The molecule has 0 heterocycles. The van der Waals surface area contributed by atoms with Gasteiger partial charge in [-0.1, -0.05) is 36.4 Å². The second-order valence-electron chi connectivity index (χ2n) is 7.99. The molecule has 160 valence electrons. The number of aliphatic carboxylic acids is 1. The molecule has 1 fully saturated rings. The molecule has 4 rings (SSSR count). The maximum Gasteiger partial charge on any atom is 0.316 e. The zero-order valence-corrected chi connectivity index (χ0v) is 17.3. The summed E-state index contributed by atoms with van der Waals surface area (Å²) in [6.45, 7) is 0. The molecule has 0 aliphatic heterocycles. The fraction of sp³-hybridized carbons (Fsp3) is 0.280. The summed E-state index contributed by atoms with van der Waals surface area (Å²) < 4.78 is 6.40. The fourth-order valence-corrected chi connectivity index (χ4v) is 4.18. The second kappa shape index (κ2) is 9.08. The van der Waals surface area contributed by atoms with E-state index in [4.69, 9.17) is 15.6 Å². The van der Waals surface area contributed by atoms with Gasteiger partial charge in [0.15, 0.2) is 5.75 Å². The number of urea groups is 1. The Kier molecular flexibility index (Phi) is 6.07. The van der Waals surface area contributed by atoms with Crippen LogP contribution in [0, 0.1) is 0 Å². The first-order valence-corrected chi connectivity index (χ1v) is 10.6. The van der Waals surface area contributed by atoms with Gasteiger partial charge in [0.2, 0.25) is 0 Å². The lowest BCUT2D eigenvalue weighted by atomic mass is 9.96. The minimum Gasteiger partial charge on any atom is -0.488 e. The van der Waals surface area contributed by atoms with Gasteiger partial charge in [-0.25, -0.2) is 4.79 Å². The number of carbonyl (C=O) groups excluding carboxylic acids is 1. The highest BCUT2D eigenvalue weighted by molar-refractivity contribution is 5.94. The number of carbonyl (C=O) groups is 2. The van der Waals surface area contributed by atoms with E-state index in [-0.39, 0.29) is 12.5 Å². The predicted octanol–water partition coefficient (Wildman–Crippen LogP) is 5.34. The zero-order chi connectivity index (χ0) is 21.8. The fourth-order valence-electron chi connectivity index (χ4n) is 4.18. The molecule has 0 radical (unpaired) electrons. The quantitative estimate of drug-likeness (QED) is 0.482. The Balaban J connectivity index is 1.85. The molecule has 4 N–H and O–H groups in total. The van der Waals surface area contributed by atoms with Crippen molar-refractivity contribution in [2.75, 3.05) is 5.32 Å². The van der Waals surface area contributed by atoms with E-state index in [1.54, 1.807) is 6.07 Å². The Morgan fingerprint density at radius 2 is 1.77 bits per heavy atom. The van der Waals surface area contributed by atoms with Crippen LogP contribution in [-0.4, -0.2) is 23.2 Å². The number of ether oxygens (including phenoxy) is 1. The molecule has 31 heavy (non-hydrogen) atoms. The topological polar surface area (TPSA) is 102 Å². The molecule has 1 aliphatic rings. The third kappa shape index (κ3) is 4.97. The number of rotatable bonds is 7. The van der Waals surface area contributed by atoms with Crippen molar-refractivity contribution in [3.05, 3.63) is 60.2 Å². The lowest BCUT2D eigenvalue weighted by Crippen LogP contribution is -2.21. The third-order valence-electron chi connectivity index (χ3n) is 5.68. The molecule has 0 atom stereocenters. The Bertz CT molecular complexity index is 1120. The lowest BCUT2D eigenvalue weighted by Gasteiger charge is -2.22. The van der Waals surface area contributed by atoms with E-state index in [0.717, 1.165) is 53.1 Å². The summed E-state index contributed by atoms with van der Waals surface area (Å²) >= 11 is 0. The number of fused-ring (bicyclic) bond motifs is 1. The number of primary amides is 1. The summed E-state index contributed by atoms with van der Waals surface area (Å²) in [7, 11) is 0. The molecule has 0 unspecified atom stereocenters. The summed E-state index contributed by atoms with van der Waals surface area (Å²) in [5.41, 5.74) is 8.48. The number of aryl methyl sites for hydroxylation is 1. The zero-order valence-electron chi connectivity index (χ0n) is 17.3. The summed E-state index contributed by atoms with van der Waals surface area (Å²) in [6.07, 6.45) is 4.58. The normalized spacial score (nSPS) is 13.9. The highest BCUT2D eigenvalue weighted by Gasteiger charge is 2.22. The van der Waals surface area contributed by atoms with Crippen LogP contribution in [0.25, 0.3) is 21.9 Å². The molecule has 0 saturated heterocycles. The van der Waals surface area contributed by atoms with E-state index in [2.05, 4.69) is 23.5 Å².